The van der Waals surface area contributed by atoms with Gasteiger partial charge in [-0.3, -0.25) is 4.79 Å². The van der Waals surface area contributed by atoms with Crippen LogP contribution < -0.4 is 4.90 Å². The van der Waals surface area contributed by atoms with Crippen molar-refractivity contribution in [2.45, 2.75) is 52.5 Å². The van der Waals surface area contributed by atoms with Crippen LogP contribution in [0.3, 0.4) is 0 Å². The fourth-order valence-electron chi connectivity index (χ4n) is 2.16. The van der Waals surface area contributed by atoms with Crippen LogP contribution in [-0.4, -0.2) is 35.9 Å². The molecule has 1 aromatic rings. The maximum Gasteiger partial charge on any atom is 0.358 e. The molecule has 1 heterocycles. The van der Waals surface area contributed by atoms with E-state index in [2.05, 4.69) is 16.8 Å². The van der Waals surface area contributed by atoms with Gasteiger partial charge >= 0.3 is 5.97 Å². The van der Waals surface area contributed by atoms with Crippen LogP contribution in [-0.2, 0) is 4.74 Å². The highest BCUT2D eigenvalue weighted by atomic mass is 32.1. The van der Waals surface area contributed by atoms with E-state index < -0.39 is 5.97 Å². The summed E-state index contributed by atoms with van der Waals surface area (Å²) in [5, 5.41) is 0.777. The quantitative estimate of drug-likeness (QED) is 0.544. The molecule has 1 aliphatic carbocycles. The summed E-state index contributed by atoms with van der Waals surface area (Å²) in [6.07, 6.45) is 4.51. The Morgan fingerprint density at radius 1 is 1.38 bits per heavy atom. The number of hydrogen-bond acceptors (Lipinski definition) is 6. The van der Waals surface area contributed by atoms with Crippen molar-refractivity contribution in [3.8, 4) is 0 Å². The number of ether oxygens (including phenoxy) is 1. The molecule has 0 N–H and O–H groups in total. The summed E-state index contributed by atoms with van der Waals surface area (Å²) in [6.45, 7) is 6.57. The molecule has 2 rings (SSSR count). The fourth-order valence-corrected chi connectivity index (χ4v) is 3.20. The van der Waals surface area contributed by atoms with Gasteiger partial charge in [-0.1, -0.05) is 24.7 Å². The van der Waals surface area contributed by atoms with Crippen LogP contribution in [0.2, 0.25) is 0 Å². The fraction of sp³-hybridized carbons (Fsp3) is 0.667. The van der Waals surface area contributed by atoms with Gasteiger partial charge in [-0.25, -0.2) is 9.78 Å². The second-order valence-corrected chi connectivity index (χ2v) is 6.21. The molecule has 0 spiro atoms. The lowest BCUT2D eigenvalue weighted by Crippen LogP contribution is -2.26. The molecule has 0 aliphatic heterocycles. The lowest BCUT2D eigenvalue weighted by atomic mass is 10.3. The molecule has 0 unspecified atom stereocenters. The minimum Gasteiger partial charge on any atom is -0.461 e. The number of thiazole rings is 1. The Kier molecular flexibility index (Phi) is 5.33. The molecule has 0 bridgehead atoms. The van der Waals surface area contributed by atoms with Gasteiger partial charge in [0.15, 0.2) is 16.6 Å². The second kappa shape index (κ2) is 7.02. The summed E-state index contributed by atoms with van der Waals surface area (Å²) in [6, 6.07) is 0.512. The van der Waals surface area contributed by atoms with E-state index >= 15 is 0 Å². The molecular weight excluding hydrogens is 288 g/mol. The molecule has 116 valence electrons. The molecule has 0 aromatic carbocycles. The summed E-state index contributed by atoms with van der Waals surface area (Å²) in [4.78, 5) is 30.8. The summed E-state index contributed by atoms with van der Waals surface area (Å²) in [5.74, 6) is -0.635. The Balaban J connectivity index is 2.28. The van der Waals surface area contributed by atoms with Crippen LogP contribution in [0.1, 0.15) is 66.6 Å². The summed E-state index contributed by atoms with van der Waals surface area (Å²) < 4.78 is 5.00. The van der Waals surface area contributed by atoms with E-state index in [0.29, 0.717) is 10.9 Å². The van der Waals surface area contributed by atoms with Crippen molar-refractivity contribution in [1.82, 2.24) is 4.98 Å². The minimum atomic E-state index is -0.503. The van der Waals surface area contributed by atoms with Crippen molar-refractivity contribution >= 4 is 28.2 Å². The van der Waals surface area contributed by atoms with E-state index in [0.717, 1.165) is 37.4 Å². The number of aromatic nitrogens is 1. The van der Waals surface area contributed by atoms with E-state index in [1.807, 2.05) is 0 Å². The number of unbranched alkanes of at least 4 members (excludes halogenated alkanes) is 1. The van der Waals surface area contributed by atoms with Crippen molar-refractivity contribution in [2.75, 3.05) is 18.1 Å². The smallest absolute Gasteiger partial charge is 0.358 e. The van der Waals surface area contributed by atoms with E-state index in [-0.39, 0.29) is 18.1 Å². The van der Waals surface area contributed by atoms with Crippen molar-refractivity contribution in [3.63, 3.8) is 0 Å². The Bertz CT molecular complexity index is 523. The number of esters is 1. The monoisotopic (exact) mass is 310 g/mol. The summed E-state index contributed by atoms with van der Waals surface area (Å²) in [5.41, 5.74) is 0.173. The first-order chi connectivity index (χ1) is 10.1. The van der Waals surface area contributed by atoms with Crippen LogP contribution >= 0.6 is 11.3 Å². The molecule has 1 aromatic heterocycles. The Labute approximate surface area is 129 Å². The first-order valence-electron chi connectivity index (χ1n) is 7.54. The molecule has 21 heavy (non-hydrogen) atoms. The van der Waals surface area contributed by atoms with Gasteiger partial charge in [0.2, 0.25) is 0 Å². The number of carbonyl (C=O) groups is 2. The Morgan fingerprint density at radius 2 is 2.10 bits per heavy atom. The van der Waals surface area contributed by atoms with Gasteiger partial charge in [-0.2, -0.15) is 0 Å². The van der Waals surface area contributed by atoms with Gasteiger partial charge in [0.25, 0.3) is 0 Å². The normalized spacial score (nSPS) is 14.0. The van der Waals surface area contributed by atoms with E-state index in [9.17, 15) is 9.59 Å². The molecule has 0 radical (unpaired) electrons. The molecule has 0 saturated heterocycles. The second-order valence-electron chi connectivity index (χ2n) is 5.23. The number of carbonyl (C=O) groups excluding carboxylic acids is 2. The van der Waals surface area contributed by atoms with E-state index in [1.165, 1.54) is 18.3 Å². The maximum absolute atomic E-state index is 12.0. The van der Waals surface area contributed by atoms with Gasteiger partial charge in [-0.15, -0.1) is 0 Å². The van der Waals surface area contributed by atoms with Crippen molar-refractivity contribution < 1.29 is 14.3 Å². The third-order valence-corrected chi connectivity index (χ3v) is 4.58. The van der Waals surface area contributed by atoms with Crippen LogP contribution in [0.4, 0.5) is 5.13 Å². The molecular formula is C15H22N2O3S. The zero-order valence-corrected chi connectivity index (χ0v) is 13.7. The highest BCUT2D eigenvalue weighted by Crippen LogP contribution is 2.36. The summed E-state index contributed by atoms with van der Waals surface area (Å²) >= 11 is 1.31. The molecule has 0 amide bonds. The molecule has 1 saturated carbocycles. The molecule has 1 fully saturated rings. The van der Waals surface area contributed by atoms with Gasteiger partial charge in [-0.05, 0) is 26.2 Å². The van der Waals surface area contributed by atoms with Crippen molar-refractivity contribution in [1.29, 1.82) is 0 Å². The number of anilines is 1. The van der Waals surface area contributed by atoms with Gasteiger partial charge in [0.1, 0.15) is 4.88 Å². The van der Waals surface area contributed by atoms with Crippen LogP contribution in [0.15, 0.2) is 0 Å². The Morgan fingerprint density at radius 3 is 2.62 bits per heavy atom. The van der Waals surface area contributed by atoms with Crippen LogP contribution in [0, 0.1) is 0 Å². The predicted octanol–water partition coefficient (Wildman–Crippen LogP) is 3.29. The van der Waals surface area contributed by atoms with E-state index in [1.54, 1.807) is 6.92 Å². The number of nitrogens with zero attached hydrogens (tertiary/aromatic N) is 2. The standard InChI is InChI=1S/C15H22N2O3S/c1-4-6-9-17(11-7-8-11)15-16-12(14(19)20-5-2)13(21-15)10(3)18/h11H,4-9H2,1-3H3. The SMILES string of the molecule is CCCCN(c1nc(C(=O)OCC)c(C(C)=O)s1)C1CC1. The number of Topliss-reactive ketones (excluding diaryl/α,β-unsaturated/α-hetero) is 1. The number of hydrogen-bond donors (Lipinski definition) is 0. The molecule has 1 aliphatic rings. The first kappa shape index (κ1) is 15.9. The number of rotatable bonds is 8. The topological polar surface area (TPSA) is 59.5 Å². The average Bonchev–Trinajstić information content (AvgIpc) is 3.17. The predicted molar refractivity (Wildman–Crippen MR) is 83.4 cm³/mol. The lowest BCUT2D eigenvalue weighted by molar-refractivity contribution is 0.0517. The lowest BCUT2D eigenvalue weighted by Gasteiger charge is -2.20. The first-order valence-corrected chi connectivity index (χ1v) is 8.35. The van der Waals surface area contributed by atoms with Crippen molar-refractivity contribution in [2.24, 2.45) is 0 Å². The third kappa shape index (κ3) is 3.81. The van der Waals surface area contributed by atoms with Gasteiger partial charge in [0.05, 0.1) is 6.61 Å². The van der Waals surface area contributed by atoms with Crippen molar-refractivity contribution in [3.05, 3.63) is 10.6 Å². The van der Waals surface area contributed by atoms with E-state index in [4.69, 9.17) is 4.74 Å². The maximum atomic E-state index is 12.0. The Hall–Kier alpha value is -1.43. The zero-order chi connectivity index (χ0) is 15.4. The zero-order valence-electron chi connectivity index (χ0n) is 12.8. The third-order valence-electron chi connectivity index (χ3n) is 3.39. The van der Waals surface area contributed by atoms with Crippen LogP contribution in [0.25, 0.3) is 0 Å². The van der Waals surface area contributed by atoms with Gasteiger partial charge < -0.3 is 9.64 Å². The largest absolute Gasteiger partial charge is 0.461 e. The minimum absolute atomic E-state index is 0.131. The highest BCUT2D eigenvalue weighted by molar-refractivity contribution is 7.17. The average molecular weight is 310 g/mol. The molecule has 6 heteroatoms. The van der Waals surface area contributed by atoms with Crippen LogP contribution in [0.5, 0.6) is 0 Å². The van der Waals surface area contributed by atoms with Gasteiger partial charge in [0, 0.05) is 19.5 Å². The summed E-state index contributed by atoms with van der Waals surface area (Å²) in [7, 11) is 0. The highest BCUT2D eigenvalue weighted by Gasteiger charge is 2.33. The molecule has 0 atom stereocenters. The molecule has 5 nitrogen and oxygen atoms in total. The number of ketones is 1.